The van der Waals surface area contributed by atoms with Gasteiger partial charge >= 0.3 is 0 Å². The van der Waals surface area contributed by atoms with Gasteiger partial charge in [0.25, 0.3) is 5.91 Å². The van der Waals surface area contributed by atoms with Crippen molar-refractivity contribution in [2.45, 2.75) is 52.5 Å². The number of nitriles is 1. The largest absolute Gasteiger partial charge is 0.383 e. The molecule has 0 bridgehead atoms. The molecule has 2 aromatic heterocycles. The van der Waals surface area contributed by atoms with Crippen LogP contribution in [0.25, 0.3) is 16.8 Å². The monoisotopic (exact) mass is 444 g/mol. The second-order valence-electron chi connectivity index (χ2n) is 10.1. The Hall–Kier alpha value is -3.86. The number of hydrogen-bond donors (Lipinski definition) is 2. The summed E-state index contributed by atoms with van der Waals surface area (Å²) in [6.07, 6.45) is 2.71. The fourth-order valence-corrected chi connectivity index (χ4v) is 3.69. The average molecular weight is 445 g/mol. The van der Waals surface area contributed by atoms with Crippen molar-refractivity contribution in [2.75, 3.05) is 11.1 Å². The number of nitrogens with one attached hydrogen (secondary N) is 1. The summed E-state index contributed by atoms with van der Waals surface area (Å²) in [5.74, 6) is 0.289. The average Bonchev–Trinajstić information content (AvgIpc) is 3.20. The number of rotatable bonds is 6. The highest BCUT2D eigenvalue weighted by atomic mass is 16.5. The number of aromatic nitrogens is 3. The molecule has 1 amide bonds. The molecule has 33 heavy (non-hydrogen) atoms. The molecule has 8 nitrogen and oxygen atoms in total. The second-order valence-corrected chi connectivity index (χ2v) is 10.1. The third kappa shape index (κ3) is 4.53. The van der Waals surface area contributed by atoms with Gasteiger partial charge in [0, 0.05) is 17.2 Å². The normalized spacial score (nSPS) is 14.5. The van der Waals surface area contributed by atoms with Gasteiger partial charge in [-0.2, -0.15) is 10.4 Å². The Kier molecular flexibility index (Phi) is 5.36. The number of nitrogens with two attached hydrogens (primary N) is 1. The van der Waals surface area contributed by atoms with Crippen LogP contribution in [0.15, 0.2) is 41.4 Å². The number of nitrogens with zero attached hydrogens (tertiary/aromatic N) is 4. The first kappa shape index (κ1) is 22.3. The smallest absolute Gasteiger partial charge is 0.258 e. The van der Waals surface area contributed by atoms with Crippen LogP contribution in [0.2, 0.25) is 0 Å². The van der Waals surface area contributed by atoms with E-state index >= 15 is 0 Å². The van der Waals surface area contributed by atoms with Gasteiger partial charge in [-0.1, -0.05) is 56.8 Å². The summed E-state index contributed by atoms with van der Waals surface area (Å²) in [5, 5.41) is 21.0. The molecule has 1 aliphatic rings. The molecule has 2 heterocycles. The number of amides is 1. The van der Waals surface area contributed by atoms with Gasteiger partial charge in [-0.25, -0.2) is 4.68 Å². The Morgan fingerprint density at radius 3 is 2.58 bits per heavy atom. The van der Waals surface area contributed by atoms with Gasteiger partial charge in [0.15, 0.2) is 0 Å². The van der Waals surface area contributed by atoms with Gasteiger partial charge < -0.3 is 10.3 Å². The van der Waals surface area contributed by atoms with Gasteiger partial charge in [0.05, 0.1) is 11.2 Å². The first-order chi connectivity index (χ1) is 15.5. The molecular formula is C25H28N6O2. The Labute approximate surface area is 193 Å². The van der Waals surface area contributed by atoms with Crippen LogP contribution in [0.5, 0.6) is 0 Å². The van der Waals surface area contributed by atoms with Crippen molar-refractivity contribution < 1.29 is 9.32 Å². The molecule has 8 heteroatoms. The highest BCUT2D eigenvalue weighted by molar-refractivity contribution is 6.24. The van der Waals surface area contributed by atoms with Crippen LogP contribution >= 0.6 is 0 Å². The van der Waals surface area contributed by atoms with E-state index in [-0.39, 0.29) is 28.3 Å². The number of carbonyl (C=O) groups is 1. The zero-order chi connectivity index (χ0) is 24.0. The Morgan fingerprint density at radius 2 is 2.00 bits per heavy atom. The van der Waals surface area contributed by atoms with Crippen LogP contribution in [-0.2, 0) is 16.8 Å². The van der Waals surface area contributed by atoms with Crippen LogP contribution in [-0.4, -0.2) is 20.8 Å². The minimum absolute atomic E-state index is 0.0613. The van der Waals surface area contributed by atoms with Gasteiger partial charge in [-0.05, 0) is 37.2 Å². The number of benzene rings is 1. The maximum Gasteiger partial charge on any atom is 0.258 e. The molecule has 0 saturated heterocycles. The molecule has 0 unspecified atom stereocenters. The Bertz CT molecular complexity index is 1260. The fourth-order valence-electron chi connectivity index (χ4n) is 3.69. The number of anilines is 2. The van der Waals surface area contributed by atoms with E-state index in [2.05, 4.69) is 55.9 Å². The van der Waals surface area contributed by atoms with Crippen LogP contribution < -0.4 is 11.1 Å². The zero-order valence-corrected chi connectivity index (χ0v) is 19.4. The molecule has 4 rings (SSSR count). The van der Waals surface area contributed by atoms with Crippen LogP contribution in [0.3, 0.4) is 0 Å². The van der Waals surface area contributed by atoms with E-state index in [1.165, 1.54) is 0 Å². The topological polar surface area (TPSA) is 123 Å². The van der Waals surface area contributed by atoms with Crippen molar-refractivity contribution in [3.05, 3.63) is 53.7 Å². The summed E-state index contributed by atoms with van der Waals surface area (Å²) in [6, 6.07) is 11.1. The first-order valence-electron chi connectivity index (χ1n) is 10.9. The predicted molar refractivity (Wildman–Crippen MR) is 127 cm³/mol. The third-order valence-electron chi connectivity index (χ3n) is 5.81. The first-order valence-corrected chi connectivity index (χ1v) is 10.9. The highest BCUT2D eigenvalue weighted by Gasteiger charge is 2.42. The van der Waals surface area contributed by atoms with Crippen molar-refractivity contribution in [1.29, 1.82) is 5.26 Å². The number of nitrogen functional groups attached to an aromatic ring is 1. The van der Waals surface area contributed by atoms with E-state index in [1.54, 1.807) is 22.9 Å². The van der Waals surface area contributed by atoms with Crippen LogP contribution in [0, 0.1) is 16.7 Å². The molecule has 1 fully saturated rings. The number of hydrogen-bond acceptors (Lipinski definition) is 6. The molecule has 1 aromatic carbocycles. The van der Waals surface area contributed by atoms with E-state index < -0.39 is 0 Å². The summed E-state index contributed by atoms with van der Waals surface area (Å²) in [6.45, 7) is 12.3. The van der Waals surface area contributed by atoms with Crippen LogP contribution in [0.4, 0.5) is 11.7 Å². The molecule has 3 aromatic rings. The number of carbonyl (C=O) groups excluding carboxylic acids is 1. The quantitative estimate of drug-likeness (QED) is 0.529. The SMILES string of the molecule is C=C(C(=O)Nc1cc(CC(C)(C)C)no1)c1ccc(-c2nn(C3(C)CC3)c(N)c2C#N)cc1. The standard InChI is InChI=1S/C25H28N6O2/c1-15(23(32)28-20-12-18(30-33-20)13-24(2,3)4)16-6-8-17(9-7-16)21-19(14-26)22(27)31(29-21)25(5)10-11-25/h6-9,12H,1,10-11,13,27H2,2-5H3,(H,28,32). The van der Waals surface area contributed by atoms with Crippen molar-refractivity contribution in [3.8, 4) is 17.3 Å². The van der Waals surface area contributed by atoms with Gasteiger partial charge in [0.1, 0.15) is 23.1 Å². The summed E-state index contributed by atoms with van der Waals surface area (Å²) < 4.78 is 7.00. The molecular weight excluding hydrogens is 416 g/mol. The molecule has 0 atom stereocenters. The van der Waals surface area contributed by atoms with E-state index in [0.717, 1.165) is 30.5 Å². The lowest BCUT2D eigenvalue weighted by Gasteiger charge is -2.14. The van der Waals surface area contributed by atoms with Crippen LogP contribution in [0.1, 0.15) is 57.4 Å². The zero-order valence-electron chi connectivity index (χ0n) is 19.4. The second kappa shape index (κ2) is 7.93. The molecule has 170 valence electrons. The lowest BCUT2D eigenvalue weighted by atomic mass is 9.91. The summed E-state index contributed by atoms with van der Waals surface area (Å²) in [7, 11) is 0. The van der Waals surface area contributed by atoms with E-state index in [9.17, 15) is 10.1 Å². The van der Waals surface area contributed by atoms with E-state index in [0.29, 0.717) is 22.6 Å². The van der Waals surface area contributed by atoms with E-state index in [4.69, 9.17) is 10.3 Å². The molecule has 3 N–H and O–H groups in total. The minimum atomic E-state index is -0.380. The van der Waals surface area contributed by atoms with E-state index in [1.807, 2.05) is 12.1 Å². The highest BCUT2D eigenvalue weighted by Crippen LogP contribution is 2.45. The molecule has 1 aliphatic carbocycles. The molecule has 0 radical (unpaired) electrons. The lowest BCUT2D eigenvalue weighted by Crippen LogP contribution is -2.16. The maximum absolute atomic E-state index is 12.7. The maximum atomic E-state index is 12.7. The summed E-state index contributed by atoms with van der Waals surface area (Å²) in [4.78, 5) is 12.7. The van der Waals surface area contributed by atoms with Gasteiger partial charge in [-0.3, -0.25) is 10.1 Å². The fraction of sp³-hybridized carbons (Fsp3) is 0.360. The van der Waals surface area contributed by atoms with Crippen molar-refractivity contribution in [2.24, 2.45) is 5.41 Å². The predicted octanol–water partition coefficient (Wildman–Crippen LogP) is 4.74. The molecule has 0 spiro atoms. The minimum Gasteiger partial charge on any atom is -0.383 e. The summed E-state index contributed by atoms with van der Waals surface area (Å²) in [5.41, 5.74) is 9.51. The van der Waals surface area contributed by atoms with Crippen molar-refractivity contribution in [1.82, 2.24) is 14.9 Å². The molecule has 0 aliphatic heterocycles. The Morgan fingerprint density at radius 1 is 1.33 bits per heavy atom. The van der Waals surface area contributed by atoms with Crippen molar-refractivity contribution in [3.63, 3.8) is 0 Å². The molecule has 1 saturated carbocycles. The Balaban J connectivity index is 1.49. The summed E-state index contributed by atoms with van der Waals surface area (Å²) >= 11 is 0. The van der Waals surface area contributed by atoms with Gasteiger partial charge in [-0.15, -0.1) is 0 Å². The lowest BCUT2D eigenvalue weighted by molar-refractivity contribution is -0.111. The third-order valence-corrected chi connectivity index (χ3v) is 5.81. The van der Waals surface area contributed by atoms with Gasteiger partial charge in [0.2, 0.25) is 5.88 Å². The van der Waals surface area contributed by atoms with Crippen molar-refractivity contribution >= 4 is 23.2 Å².